The van der Waals surface area contributed by atoms with Crippen LogP contribution < -0.4 is 9.47 Å². The molecular formula is C19H17IO3. The van der Waals surface area contributed by atoms with Gasteiger partial charge in [-0.1, -0.05) is 28.5 Å². The molecule has 0 radical (unpaired) electrons. The number of benzene rings is 2. The lowest BCUT2D eigenvalue weighted by atomic mass is 10.0. The van der Waals surface area contributed by atoms with Crippen molar-refractivity contribution >= 4 is 28.4 Å². The highest BCUT2D eigenvalue weighted by molar-refractivity contribution is 14.1. The smallest absolute Gasteiger partial charge is 0.193 e. The summed E-state index contributed by atoms with van der Waals surface area (Å²) in [5.41, 5.74) is 1.24. The number of halogens is 1. The van der Waals surface area contributed by atoms with E-state index >= 15 is 0 Å². The lowest BCUT2D eigenvalue weighted by molar-refractivity contribution is 0.103. The molecule has 2 rings (SSSR count). The molecule has 0 aliphatic heterocycles. The predicted molar refractivity (Wildman–Crippen MR) is 99.6 cm³/mol. The SMILES string of the molecule is C#CCOc1ccc(C(=O)c2ccc(OCCCI)cc2)cc1. The van der Waals surface area contributed by atoms with Crippen molar-refractivity contribution in [2.75, 3.05) is 17.6 Å². The first kappa shape index (κ1) is 17.4. The second-order valence-corrected chi connectivity index (χ2v) is 5.84. The zero-order chi connectivity index (χ0) is 16.5. The van der Waals surface area contributed by atoms with E-state index in [0.29, 0.717) is 23.5 Å². The maximum Gasteiger partial charge on any atom is 0.193 e. The highest BCUT2D eigenvalue weighted by atomic mass is 127. The van der Waals surface area contributed by atoms with Crippen molar-refractivity contribution in [3.63, 3.8) is 0 Å². The predicted octanol–water partition coefficient (Wildman–Crippen LogP) is 4.13. The first-order valence-electron chi connectivity index (χ1n) is 7.24. The van der Waals surface area contributed by atoms with Gasteiger partial charge in [0.15, 0.2) is 5.78 Å². The monoisotopic (exact) mass is 420 g/mol. The van der Waals surface area contributed by atoms with Crippen LogP contribution in [0, 0.1) is 12.3 Å². The topological polar surface area (TPSA) is 35.5 Å². The van der Waals surface area contributed by atoms with Gasteiger partial charge in [0.1, 0.15) is 18.1 Å². The minimum atomic E-state index is -0.0349. The van der Waals surface area contributed by atoms with Crippen LogP contribution in [0.5, 0.6) is 11.5 Å². The summed E-state index contributed by atoms with van der Waals surface area (Å²) >= 11 is 2.32. The van der Waals surface area contributed by atoms with Crippen LogP contribution in [-0.2, 0) is 0 Å². The molecule has 0 saturated carbocycles. The molecule has 0 heterocycles. The van der Waals surface area contributed by atoms with Crippen LogP contribution in [0.3, 0.4) is 0 Å². The van der Waals surface area contributed by atoms with Gasteiger partial charge in [-0.25, -0.2) is 0 Å². The third kappa shape index (κ3) is 5.29. The fraction of sp³-hybridized carbons (Fsp3) is 0.211. The van der Waals surface area contributed by atoms with E-state index in [2.05, 4.69) is 28.5 Å². The summed E-state index contributed by atoms with van der Waals surface area (Å²) < 4.78 is 11.9. The second-order valence-electron chi connectivity index (χ2n) is 4.76. The minimum absolute atomic E-state index is 0.0349. The molecule has 0 unspecified atom stereocenters. The van der Waals surface area contributed by atoms with E-state index in [1.807, 2.05) is 12.1 Å². The standard InChI is InChI=1S/C19H17IO3/c1-2-13-22-17-8-4-15(5-9-17)19(21)16-6-10-18(11-7-16)23-14-3-12-20/h1,4-11H,3,12-14H2. The third-order valence-electron chi connectivity index (χ3n) is 3.10. The Hall–Kier alpha value is -2.00. The molecule has 0 atom stereocenters. The van der Waals surface area contributed by atoms with Crippen LogP contribution in [0.2, 0.25) is 0 Å². The van der Waals surface area contributed by atoms with Gasteiger partial charge in [0.05, 0.1) is 6.61 Å². The minimum Gasteiger partial charge on any atom is -0.494 e. The van der Waals surface area contributed by atoms with Crippen molar-refractivity contribution in [1.82, 2.24) is 0 Å². The van der Waals surface area contributed by atoms with Gasteiger partial charge in [-0.2, -0.15) is 0 Å². The van der Waals surface area contributed by atoms with Gasteiger partial charge in [0.2, 0.25) is 0 Å². The Morgan fingerprint density at radius 3 is 1.96 bits per heavy atom. The van der Waals surface area contributed by atoms with E-state index in [-0.39, 0.29) is 12.4 Å². The Morgan fingerprint density at radius 1 is 0.957 bits per heavy atom. The quantitative estimate of drug-likeness (QED) is 0.212. The van der Waals surface area contributed by atoms with Gasteiger partial charge < -0.3 is 9.47 Å². The summed E-state index contributed by atoms with van der Waals surface area (Å²) in [6, 6.07) is 14.2. The number of carbonyl (C=O) groups is 1. The van der Waals surface area contributed by atoms with Crippen molar-refractivity contribution in [3.05, 3.63) is 59.7 Å². The maximum absolute atomic E-state index is 12.4. The number of ketones is 1. The molecule has 23 heavy (non-hydrogen) atoms. The second kappa shape index (κ2) is 9.21. The molecule has 0 fully saturated rings. The lowest BCUT2D eigenvalue weighted by Crippen LogP contribution is -2.02. The number of rotatable bonds is 8. The van der Waals surface area contributed by atoms with Crippen molar-refractivity contribution in [1.29, 1.82) is 0 Å². The molecule has 2 aromatic carbocycles. The van der Waals surface area contributed by atoms with Crippen molar-refractivity contribution in [2.45, 2.75) is 6.42 Å². The van der Waals surface area contributed by atoms with Crippen LogP contribution in [-0.4, -0.2) is 23.4 Å². The molecule has 0 bridgehead atoms. The summed E-state index contributed by atoms with van der Waals surface area (Å²) in [6.07, 6.45) is 6.15. The van der Waals surface area contributed by atoms with E-state index in [4.69, 9.17) is 15.9 Å². The van der Waals surface area contributed by atoms with Crippen molar-refractivity contribution in [2.24, 2.45) is 0 Å². The Balaban J connectivity index is 2.01. The number of terminal acetylenes is 1. The van der Waals surface area contributed by atoms with E-state index in [1.165, 1.54) is 0 Å². The Labute approximate surface area is 150 Å². The zero-order valence-electron chi connectivity index (χ0n) is 12.6. The van der Waals surface area contributed by atoms with Crippen LogP contribution in [0.15, 0.2) is 48.5 Å². The summed E-state index contributed by atoms with van der Waals surface area (Å²) in [6.45, 7) is 0.904. The van der Waals surface area contributed by atoms with Gasteiger partial charge in [0.25, 0.3) is 0 Å². The highest BCUT2D eigenvalue weighted by Crippen LogP contribution is 2.18. The molecule has 0 spiro atoms. The fourth-order valence-electron chi connectivity index (χ4n) is 1.94. The molecule has 0 amide bonds. The zero-order valence-corrected chi connectivity index (χ0v) is 14.8. The maximum atomic E-state index is 12.4. The van der Waals surface area contributed by atoms with E-state index in [0.717, 1.165) is 16.6 Å². The largest absolute Gasteiger partial charge is 0.494 e. The van der Waals surface area contributed by atoms with Crippen LogP contribution in [0.4, 0.5) is 0 Å². The normalized spacial score (nSPS) is 9.91. The number of hydrogen-bond donors (Lipinski definition) is 0. The number of ether oxygens (including phenoxy) is 2. The van der Waals surface area contributed by atoms with Gasteiger partial charge in [-0.05, 0) is 55.0 Å². The Morgan fingerprint density at radius 2 is 1.48 bits per heavy atom. The molecule has 0 aromatic heterocycles. The average molecular weight is 420 g/mol. The first-order valence-corrected chi connectivity index (χ1v) is 8.77. The van der Waals surface area contributed by atoms with Crippen LogP contribution >= 0.6 is 22.6 Å². The number of carbonyl (C=O) groups excluding carboxylic acids is 1. The van der Waals surface area contributed by atoms with Gasteiger partial charge in [0, 0.05) is 15.6 Å². The third-order valence-corrected chi connectivity index (χ3v) is 3.86. The van der Waals surface area contributed by atoms with Crippen LogP contribution in [0.25, 0.3) is 0 Å². The summed E-state index contributed by atoms with van der Waals surface area (Å²) in [5, 5.41) is 0. The molecule has 0 saturated heterocycles. The molecule has 3 nitrogen and oxygen atoms in total. The number of hydrogen-bond acceptors (Lipinski definition) is 3. The molecule has 4 heteroatoms. The summed E-state index contributed by atoms with van der Waals surface area (Å²) in [5.74, 6) is 3.80. The van der Waals surface area contributed by atoms with E-state index in [9.17, 15) is 4.79 Å². The first-order chi connectivity index (χ1) is 11.2. The van der Waals surface area contributed by atoms with Crippen molar-refractivity contribution < 1.29 is 14.3 Å². The molecule has 118 valence electrons. The van der Waals surface area contributed by atoms with Gasteiger partial charge >= 0.3 is 0 Å². The van der Waals surface area contributed by atoms with Crippen molar-refractivity contribution in [3.8, 4) is 23.8 Å². The molecule has 2 aromatic rings. The molecular weight excluding hydrogens is 403 g/mol. The summed E-state index contributed by atoms with van der Waals surface area (Å²) in [4.78, 5) is 12.4. The van der Waals surface area contributed by atoms with E-state index < -0.39 is 0 Å². The van der Waals surface area contributed by atoms with Gasteiger partial charge in [-0.3, -0.25) is 4.79 Å². The molecule has 0 N–H and O–H groups in total. The lowest BCUT2D eigenvalue weighted by Gasteiger charge is -2.07. The Kier molecular flexibility index (Phi) is 6.95. The van der Waals surface area contributed by atoms with Gasteiger partial charge in [-0.15, -0.1) is 6.42 Å². The van der Waals surface area contributed by atoms with Crippen LogP contribution in [0.1, 0.15) is 22.3 Å². The highest BCUT2D eigenvalue weighted by Gasteiger charge is 2.09. The number of alkyl halides is 1. The molecule has 0 aliphatic rings. The fourth-order valence-corrected chi connectivity index (χ4v) is 2.25. The average Bonchev–Trinajstić information content (AvgIpc) is 2.61. The Bertz CT molecular complexity index is 669. The summed E-state index contributed by atoms with van der Waals surface area (Å²) in [7, 11) is 0. The molecule has 0 aliphatic carbocycles. The van der Waals surface area contributed by atoms with E-state index in [1.54, 1.807) is 36.4 Å².